The monoisotopic (exact) mass is 282 g/mol. The topological polar surface area (TPSA) is 145 Å². The highest BCUT2D eigenvalue weighted by Gasteiger charge is 2.44. The number of ether oxygens (including phenoxy) is 1. The molecule has 1 saturated heterocycles. The molecule has 6 atom stereocenters. The van der Waals surface area contributed by atoms with Gasteiger partial charge in [-0.25, -0.2) is 0 Å². The van der Waals surface area contributed by atoms with Crippen LogP contribution in [0, 0.1) is 0 Å². The van der Waals surface area contributed by atoms with Crippen molar-refractivity contribution in [2.75, 3.05) is 12.4 Å². The van der Waals surface area contributed by atoms with Crippen LogP contribution in [0.15, 0.2) is 0 Å². The van der Waals surface area contributed by atoms with E-state index in [1.165, 1.54) is 0 Å². The van der Waals surface area contributed by atoms with Crippen molar-refractivity contribution in [3.63, 3.8) is 0 Å². The van der Waals surface area contributed by atoms with E-state index in [1.807, 2.05) is 0 Å². The summed E-state index contributed by atoms with van der Waals surface area (Å²) in [5.41, 5.74) is 5.42. The van der Waals surface area contributed by atoms with E-state index in [-0.39, 0.29) is 5.75 Å². The molecule has 0 aromatic rings. The first kappa shape index (κ1) is 15.6. The van der Waals surface area contributed by atoms with Gasteiger partial charge in [-0.15, -0.1) is 0 Å². The number of thiol groups is 1. The van der Waals surface area contributed by atoms with Crippen LogP contribution in [0.25, 0.3) is 0 Å². The summed E-state index contributed by atoms with van der Waals surface area (Å²) in [5.74, 6) is -0.516. The van der Waals surface area contributed by atoms with Gasteiger partial charge in [0.05, 0.1) is 12.6 Å². The fourth-order valence-electron chi connectivity index (χ4n) is 1.55. The second-order valence-electron chi connectivity index (χ2n) is 4.05. The number of aliphatic hydroxyl groups is 4. The molecule has 1 rings (SSSR count). The molecule has 0 unspecified atom stereocenters. The van der Waals surface area contributed by atoms with Crippen LogP contribution in [-0.4, -0.2) is 75.4 Å². The number of nitrogens with one attached hydrogen (secondary N) is 1. The lowest BCUT2D eigenvalue weighted by Gasteiger charge is -2.40. The van der Waals surface area contributed by atoms with Crippen LogP contribution in [0.3, 0.4) is 0 Å². The Kier molecular flexibility index (Phi) is 5.79. The van der Waals surface area contributed by atoms with Gasteiger partial charge in [-0.05, 0) is 0 Å². The molecule has 0 aliphatic carbocycles. The lowest BCUT2D eigenvalue weighted by molar-refractivity contribution is -0.236. The Morgan fingerprint density at radius 2 is 1.94 bits per heavy atom. The molecule has 106 valence electrons. The Hall–Kier alpha value is -0.420. The first-order chi connectivity index (χ1) is 8.42. The normalized spacial score (nSPS) is 38.2. The molecule has 1 amide bonds. The summed E-state index contributed by atoms with van der Waals surface area (Å²) in [6.07, 6.45) is -6.83. The van der Waals surface area contributed by atoms with Crippen LogP contribution < -0.4 is 11.1 Å². The minimum absolute atomic E-state index is 0.100. The third kappa shape index (κ3) is 3.32. The lowest BCUT2D eigenvalue weighted by Crippen LogP contribution is -2.64. The number of carbonyl (C=O) groups is 1. The van der Waals surface area contributed by atoms with E-state index in [1.54, 1.807) is 0 Å². The molecule has 0 aromatic carbocycles. The van der Waals surface area contributed by atoms with Crippen LogP contribution in [0.2, 0.25) is 0 Å². The Morgan fingerprint density at radius 3 is 2.44 bits per heavy atom. The first-order valence-corrected chi connectivity index (χ1v) is 6.03. The maximum absolute atomic E-state index is 11.5. The number of rotatable bonds is 4. The molecule has 1 fully saturated rings. The van der Waals surface area contributed by atoms with Crippen LogP contribution in [0.5, 0.6) is 0 Å². The standard InChI is InChI=1S/C9H18N2O6S/c10-3(2-18)8(16)11-9-7(15)6(14)5(13)4(1-12)17-9/h3-7,9,12-15,18H,1-2,10H2,(H,11,16)/t3-,4+,5+,6-,7+,9+/m0/s1. The van der Waals surface area contributed by atoms with Crippen LogP contribution >= 0.6 is 12.6 Å². The number of hydrogen-bond donors (Lipinski definition) is 7. The zero-order valence-corrected chi connectivity index (χ0v) is 10.4. The van der Waals surface area contributed by atoms with Crippen molar-refractivity contribution in [3.8, 4) is 0 Å². The second kappa shape index (κ2) is 6.66. The highest BCUT2D eigenvalue weighted by Crippen LogP contribution is 2.19. The Balaban J connectivity index is 2.67. The molecule has 7 N–H and O–H groups in total. The summed E-state index contributed by atoms with van der Waals surface area (Å²) in [4.78, 5) is 11.5. The van der Waals surface area contributed by atoms with E-state index >= 15 is 0 Å². The molecule has 0 saturated carbocycles. The van der Waals surface area contributed by atoms with Gasteiger partial charge in [-0.1, -0.05) is 0 Å². The maximum atomic E-state index is 11.5. The number of hydrogen-bond acceptors (Lipinski definition) is 8. The molecule has 1 heterocycles. The zero-order valence-electron chi connectivity index (χ0n) is 9.51. The molecule has 1 aliphatic rings. The highest BCUT2D eigenvalue weighted by molar-refractivity contribution is 7.80. The lowest BCUT2D eigenvalue weighted by atomic mass is 9.98. The van der Waals surface area contributed by atoms with E-state index in [2.05, 4.69) is 17.9 Å². The molecule has 9 heteroatoms. The zero-order chi connectivity index (χ0) is 13.9. The van der Waals surface area contributed by atoms with E-state index in [0.29, 0.717) is 0 Å². The van der Waals surface area contributed by atoms with Crippen LogP contribution in [0.1, 0.15) is 0 Å². The average molecular weight is 282 g/mol. The Labute approximate surface area is 109 Å². The van der Waals surface area contributed by atoms with Gasteiger partial charge in [-0.2, -0.15) is 12.6 Å². The largest absolute Gasteiger partial charge is 0.394 e. The van der Waals surface area contributed by atoms with E-state index in [0.717, 1.165) is 0 Å². The minimum Gasteiger partial charge on any atom is -0.394 e. The van der Waals surface area contributed by atoms with Crippen molar-refractivity contribution in [2.24, 2.45) is 5.73 Å². The van der Waals surface area contributed by atoms with E-state index < -0.39 is 49.2 Å². The van der Waals surface area contributed by atoms with Gasteiger partial charge >= 0.3 is 0 Å². The van der Waals surface area contributed by atoms with Gasteiger partial charge < -0.3 is 36.2 Å². The summed E-state index contributed by atoms with van der Waals surface area (Å²) in [6.45, 7) is -0.560. The van der Waals surface area contributed by atoms with Gasteiger partial charge in [0.2, 0.25) is 5.91 Å². The summed E-state index contributed by atoms with van der Waals surface area (Å²) < 4.78 is 5.07. The Bertz CT molecular complexity index is 292. The van der Waals surface area contributed by atoms with Gasteiger partial charge in [0, 0.05) is 5.75 Å². The molecule has 18 heavy (non-hydrogen) atoms. The molecular weight excluding hydrogens is 264 g/mol. The number of nitrogens with two attached hydrogens (primary N) is 1. The van der Waals surface area contributed by atoms with Crippen molar-refractivity contribution in [3.05, 3.63) is 0 Å². The van der Waals surface area contributed by atoms with Crippen LogP contribution in [0.4, 0.5) is 0 Å². The van der Waals surface area contributed by atoms with Gasteiger partial charge in [0.25, 0.3) is 0 Å². The number of carbonyl (C=O) groups excluding carboxylic acids is 1. The van der Waals surface area contributed by atoms with Gasteiger partial charge in [0.1, 0.15) is 24.4 Å². The second-order valence-corrected chi connectivity index (χ2v) is 4.41. The molecule has 0 spiro atoms. The summed E-state index contributed by atoms with van der Waals surface area (Å²) in [7, 11) is 0. The molecule has 0 bridgehead atoms. The van der Waals surface area contributed by atoms with Gasteiger partial charge in [-0.3, -0.25) is 4.79 Å². The molecule has 0 aromatic heterocycles. The summed E-state index contributed by atoms with van der Waals surface area (Å²) in [5, 5.41) is 39.9. The van der Waals surface area contributed by atoms with Crippen molar-refractivity contribution < 1.29 is 30.0 Å². The predicted molar refractivity (Wildman–Crippen MR) is 63.7 cm³/mol. The minimum atomic E-state index is -1.53. The summed E-state index contributed by atoms with van der Waals surface area (Å²) in [6, 6.07) is -0.888. The third-order valence-corrected chi connectivity index (χ3v) is 3.10. The predicted octanol–water partition coefficient (Wildman–Crippen LogP) is -3.84. The number of aliphatic hydroxyl groups excluding tert-OH is 4. The molecule has 0 radical (unpaired) electrons. The third-order valence-electron chi connectivity index (χ3n) is 2.71. The van der Waals surface area contributed by atoms with Gasteiger partial charge in [0.15, 0.2) is 6.23 Å². The molecule has 8 nitrogen and oxygen atoms in total. The quantitative estimate of drug-likeness (QED) is 0.261. The molecular formula is C9H18N2O6S. The Morgan fingerprint density at radius 1 is 1.33 bits per heavy atom. The van der Waals surface area contributed by atoms with Crippen molar-refractivity contribution in [1.82, 2.24) is 5.32 Å². The van der Waals surface area contributed by atoms with Crippen LogP contribution in [-0.2, 0) is 9.53 Å². The van der Waals surface area contributed by atoms with Crippen molar-refractivity contribution in [2.45, 2.75) is 36.7 Å². The maximum Gasteiger partial charge on any atom is 0.239 e. The number of amides is 1. The fourth-order valence-corrected chi connectivity index (χ4v) is 1.72. The highest BCUT2D eigenvalue weighted by atomic mass is 32.1. The smallest absolute Gasteiger partial charge is 0.239 e. The van der Waals surface area contributed by atoms with Crippen molar-refractivity contribution >= 4 is 18.5 Å². The molecule has 1 aliphatic heterocycles. The fraction of sp³-hybridized carbons (Fsp3) is 0.889. The van der Waals surface area contributed by atoms with E-state index in [4.69, 9.17) is 15.6 Å². The first-order valence-electron chi connectivity index (χ1n) is 5.39. The SMILES string of the molecule is N[C@@H](CS)C(=O)N[C@@H]1O[C@H](CO)[C@@H](O)[C@H](O)[C@H]1O. The van der Waals surface area contributed by atoms with E-state index in [9.17, 15) is 20.1 Å². The van der Waals surface area contributed by atoms with Crippen molar-refractivity contribution in [1.29, 1.82) is 0 Å². The summed E-state index contributed by atoms with van der Waals surface area (Å²) >= 11 is 3.84. The average Bonchev–Trinajstić information content (AvgIpc) is 2.38.